The molecule has 0 atom stereocenters. The number of rotatable bonds is 1. The second kappa shape index (κ2) is 2.51. The second-order valence-electron chi connectivity index (χ2n) is 3.12. The minimum Gasteiger partial charge on any atom is -0.308 e. The van der Waals surface area contributed by atoms with E-state index in [4.69, 9.17) is 25.4 Å². The van der Waals surface area contributed by atoms with E-state index >= 15 is 0 Å². The van der Waals surface area contributed by atoms with Crippen LogP contribution in [0.3, 0.4) is 0 Å². The summed E-state index contributed by atoms with van der Waals surface area (Å²) < 4.78 is 16.0. The van der Waals surface area contributed by atoms with Gasteiger partial charge < -0.3 is 13.6 Å². The Balaban J connectivity index is 2.18. The zero-order valence-corrected chi connectivity index (χ0v) is 8.12. The van der Waals surface area contributed by atoms with Gasteiger partial charge in [-0.2, -0.15) is 0 Å². The Morgan fingerprint density at radius 3 is 2.09 bits per heavy atom. The van der Waals surface area contributed by atoms with Crippen LogP contribution in [0.4, 0.5) is 0 Å². The molecule has 3 rings (SSSR count). The van der Waals surface area contributed by atoms with Crippen LogP contribution in [0.5, 0.6) is 0 Å². The van der Waals surface area contributed by atoms with Gasteiger partial charge in [-0.15, -0.1) is 0 Å². The van der Waals surface area contributed by atoms with Crippen molar-refractivity contribution in [2.45, 2.75) is 13.3 Å². The minimum absolute atomic E-state index is 0.0978. The molecular weight excluding hydrogens is 186 g/mol. The standard InChI is InChI=1S/C6H11O3PS/c1-2-6-3-7-10(11,8-4-6)9-5-6/h2-5H2,1H3/i11+3. The summed E-state index contributed by atoms with van der Waals surface area (Å²) in [7, 11) is 0. The molecule has 0 unspecified atom stereocenters. The maximum absolute atomic E-state index is 5.34. The molecule has 3 aliphatic rings. The van der Waals surface area contributed by atoms with Crippen molar-refractivity contribution in [3.05, 3.63) is 0 Å². The average Bonchev–Trinajstić information content (AvgIpc) is 2.07. The maximum Gasteiger partial charge on any atom is 0.327 e. The third kappa shape index (κ3) is 1.27. The van der Waals surface area contributed by atoms with Gasteiger partial charge in [0.05, 0.1) is 19.8 Å². The topological polar surface area (TPSA) is 27.7 Å². The Hall–Kier alpha value is 0.530. The molecule has 3 saturated heterocycles. The molecule has 5 heteroatoms. The first-order valence-electron chi connectivity index (χ1n) is 3.72. The van der Waals surface area contributed by atoms with Gasteiger partial charge in [0.25, 0.3) is 0 Å². The lowest BCUT2D eigenvalue weighted by molar-refractivity contribution is -0.0763. The molecular formula is C6H11O3PS. The number of fused-ring (bicyclic) bond motifs is 3. The van der Waals surface area contributed by atoms with E-state index < -0.39 is 6.72 Å². The van der Waals surface area contributed by atoms with Gasteiger partial charge >= 0.3 is 6.72 Å². The van der Waals surface area contributed by atoms with E-state index in [1.54, 1.807) is 0 Å². The lowest BCUT2D eigenvalue weighted by atomic mass is 9.88. The van der Waals surface area contributed by atoms with Crippen molar-refractivity contribution >= 4 is 18.5 Å². The fourth-order valence-electron chi connectivity index (χ4n) is 1.19. The van der Waals surface area contributed by atoms with Gasteiger partial charge in [-0.3, -0.25) is 0 Å². The highest BCUT2D eigenvalue weighted by Gasteiger charge is 2.46. The molecule has 3 aliphatic heterocycles. The van der Waals surface area contributed by atoms with E-state index in [9.17, 15) is 0 Å². The molecule has 0 aromatic rings. The second-order valence-corrected chi connectivity index (χ2v) is 6.13. The predicted molar refractivity (Wildman–Crippen MR) is 44.9 cm³/mol. The molecule has 0 radical (unpaired) electrons. The van der Waals surface area contributed by atoms with Crippen LogP contribution in [0.15, 0.2) is 0 Å². The molecule has 64 valence electrons. The van der Waals surface area contributed by atoms with Crippen LogP contribution in [0.2, 0.25) is 0 Å². The molecule has 0 amide bonds. The molecule has 0 aromatic heterocycles. The molecule has 3 nitrogen and oxygen atoms in total. The predicted octanol–water partition coefficient (Wildman–Crippen LogP) is 1.68. The number of hydrogen-bond donors (Lipinski definition) is 0. The van der Waals surface area contributed by atoms with E-state index in [2.05, 4.69) is 6.92 Å². The van der Waals surface area contributed by atoms with Crippen molar-refractivity contribution in [3.8, 4) is 0 Å². The highest BCUT2D eigenvalue weighted by molar-refractivity contribution is 8.07. The zero-order valence-electron chi connectivity index (χ0n) is 6.41. The fourth-order valence-corrected chi connectivity index (χ4v) is 3.18. The van der Waals surface area contributed by atoms with Crippen LogP contribution in [0.1, 0.15) is 13.3 Å². The van der Waals surface area contributed by atoms with Gasteiger partial charge in [0, 0.05) is 5.41 Å². The molecule has 11 heavy (non-hydrogen) atoms. The maximum atomic E-state index is 5.34. The summed E-state index contributed by atoms with van der Waals surface area (Å²) in [5, 5.41) is 0. The highest BCUT2D eigenvalue weighted by atomic mass is 35.1. The fraction of sp³-hybridized carbons (Fsp3) is 1.00. The molecule has 0 aromatic carbocycles. The molecule has 0 aliphatic carbocycles. The normalized spacial score (nSPS) is 49.5. The van der Waals surface area contributed by atoms with Crippen LogP contribution in [0.25, 0.3) is 0 Å². The van der Waals surface area contributed by atoms with E-state index in [-0.39, 0.29) is 5.41 Å². The smallest absolute Gasteiger partial charge is 0.308 e. The van der Waals surface area contributed by atoms with Gasteiger partial charge in [0.1, 0.15) is 0 Å². The summed E-state index contributed by atoms with van der Waals surface area (Å²) in [6, 6.07) is 0. The third-order valence-electron chi connectivity index (χ3n) is 2.34. The molecule has 0 spiro atoms. The van der Waals surface area contributed by atoms with E-state index in [1.807, 2.05) is 0 Å². The van der Waals surface area contributed by atoms with E-state index in [0.29, 0.717) is 0 Å². The van der Waals surface area contributed by atoms with Crippen molar-refractivity contribution in [1.82, 2.24) is 0 Å². The summed E-state index contributed by atoms with van der Waals surface area (Å²) in [4.78, 5) is 0. The van der Waals surface area contributed by atoms with Crippen molar-refractivity contribution < 1.29 is 13.6 Å². The van der Waals surface area contributed by atoms with Crippen molar-refractivity contribution in [2.24, 2.45) is 5.41 Å². The molecule has 0 N–H and O–H groups in total. The van der Waals surface area contributed by atoms with Crippen LogP contribution in [-0.4, -0.2) is 19.8 Å². The van der Waals surface area contributed by atoms with Gasteiger partial charge in [0.15, 0.2) is 0 Å². The van der Waals surface area contributed by atoms with Crippen molar-refractivity contribution in [1.29, 1.82) is 0 Å². The molecule has 2 bridgehead atoms. The highest BCUT2D eigenvalue weighted by Crippen LogP contribution is 2.60. The molecule has 3 fully saturated rings. The zero-order chi connectivity index (χ0) is 7.95. The largest absolute Gasteiger partial charge is 0.327 e. The van der Waals surface area contributed by atoms with Crippen LogP contribution in [0, 0.1) is 5.41 Å². The lowest BCUT2D eigenvalue weighted by Crippen LogP contribution is -2.43. The Kier molecular flexibility index (Phi) is 1.86. The summed E-state index contributed by atoms with van der Waals surface area (Å²) >= 11 is 5.03. The molecule has 3 heterocycles. The Labute approximate surface area is 71.3 Å². The van der Waals surface area contributed by atoms with Gasteiger partial charge in [0.2, 0.25) is 0 Å². The van der Waals surface area contributed by atoms with Crippen molar-refractivity contribution in [2.75, 3.05) is 19.8 Å². The Morgan fingerprint density at radius 2 is 1.73 bits per heavy atom. The van der Waals surface area contributed by atoms with Crippen LogP contribution in [-0.2, 0) is 25.4 Å². The monoisotopic (exact) mass is 197 g/mol. The van der Waals surface area contributed by atoms with E-state index in [0.717, 1.165) is 26.2 Å². The minimum atomic E-state index is -2.25. The first-order chi connectivity index (χ1) is 5.18. The number of hydrogen-bond acceptors (Lipinski definition) is 4. The van der Waals surface area contributed by atoms with Gasteiger partial charge in [-0.1, -0.05) is 6.92 Å². The van der Waals surface area contributed by atoms with Crippen LogP contribution < -0.4 is 0 Å². The quantitative estimate of drug-likeness (QED) is 0.598. The summed E-state index contributed by atoms with van der Waals surface area (Å²) in [6.45, 7) is 2.04. The average molecular weight is 197 g/mol. The Bertz CT molecular complexity index is 187. The first kappa shape index (κ1) is 8.14. The first-order valence-corrected chi connectivity index (χ1v) is 6.27. The third-order valence-corrected chi connectivity index (χ3v) is 4.62. The summed E-state index contributed by atoms with van der Waals surface area (Å²) in [6.07, 6.45) is 1.03. The SMILES string of the molecule is CCC12COP(=[35S])(OC1)OC2. The van der Waals surface area contributed by atoms with Gasteiger partial charge in [-0.05, 0) is 18.2 Å². The lowest BCUT2D eigenvalue weighted by Gasteiger charge is -2.45. The Morgan fingerprint density at radius 1 is 1.27 bits per heavy atom. The molecule has 0 saturated carbocycles. The summed E-state index contributed by atoms with van der Waals surface area (Å²) in [5.74, 6) is 0. The van der Waals surface area contributed by atoms with Gasteiger partial charge in [-0.25, -0.2) is 0 Å². The van der Waals surface area contributed by atoms with Crippen LogP contribution >= 0.6 is 6.72 Å². The van der Waals surface area contributed by atoms with Crippen molar-refractivity contribution in [3.63, 3.8) is 0 Å². The van der Waals surface area contributed by atoms with E-state index in [1.165, 1.54) is 0 Å². The summed E-state index contributed by atoms with van der Waals surface area (Å²) in [5.41, 5.74) is 0.0978.